The first-order valence-corrected chi connectivity index (χ1v) is 15.4. The third-order valence-corrected chi connectivity index (χ3v) is 9.01. The molecule has 2 aromatic carbocycles. The van der Waals surface area contributed by atoms with Crippen LogP contribution in [0.5, 0.6) is 5.75 Å². The third-order valence-electron chi connectivity index (χ3n) is 6.54. The molecular formula is C30H28ClN3O5S2. The number of furan rings is 1. The molecule has 4 aromatic rings. The molecule has 0 radical (unpaired) electrons. The number of aliphatic hydroxyl groups excluding tert-OH is 1. The molecule has 1 N–H and O–H groups in total. The number of aromatic nitrogens is 2. The second-order valence-corrected chi connectivity index (χ2v) is 12.0. The van der Waals surface area contributed by atoms with E-state index >= 15 is 0 Å². The number of amides is 1. The van der Waals surface area contributed by atoms with Crippen molar-refractivity contribution in [2.45, 2.75) is 49.2 Å². The monoisotopic (exact) mass is 609 g/mol. The predicted octanol–water partition coefficient (Wildman–Crippen LogP) is 7.74. The van der Waals surface area contributed by atoms with E-state index in [-0.39, 0.29) is 16.5 Å². The Morgan fingerprint density at radius 3 is 2.61 bits per heavy atom. The quantitative estimate of drug-likeness (QED) is 0.0752. The minimum absolute atomic E-state index is 0.0350. The summed E-state index contributed by atoms with van der Waals surface area (Å²) in [6.07, 6.45) is 3.13. The van der Waals surface area contributed by atoms with Crippen LogP contribution >= 0.6 is 34.7 Å². The van der Waals surface area contributed by atoms with E-state index in [2.05, 4.69) is 17.1 Å². The standard InChI is InChI=1S/C30H28ClN3O5S2/c1-3-4-7-16-38-21-13-11-19(12-14-21)25-24(26(35)23-15-10-18(2)39-23)27(36)28(37)34(25)29-32-33-30(41-29)40-17-20-8-5-6-9-22(20)31/h5-6,8-15,25,36H,3-4,7,16-17H2,1-2H3. The van der Waals surface area contributed by atoms with Crippen LogP contribution in [0.15, 0.2) is 80.8 Å². The van der Waals surface area contributed by atoms with Crippen LogP contribution in [0.3, 0.4) is 0 Å². The topological polar surface area (TPSA) is 106 Å². The first-order valence-electron chi connectivity index (χ1n) is 13.2. The van der Waals surface area contributed by atoms with E-state index in [0.717, 1.165) is 24.8 Å². The summed E-state index contributed by atoms with van der Waals surface area (Å²) in [5, 5.41) is 20.4. The second-order valence-electron chi connectivity index (χ2n) is 9.43. The molecule has 1 atom stereocenters. The average Bonchev–Trinajstić information content (AvgIpc) is 3.69. The lowest BCUT2D eigenvalue weighted by Crippen LogP contribution is -2.31. The van der Waals surface area contributed by atoms with Crippen molar-refractivity contribution in [2.75, 3.05) is 11.5 Å². The first kappa shape index (κ1) is 28.9. The maximum Gasteiger partial charge on any atom is 0.296 e. The van der Waals surface area contributed by atoms with Crippen molar-refractivity contribution in [1.82, 2.24) is 10.2 Å². The molecule has 1 aliphatic rings. The Balaban J connectivity index is 1.45. The molecule has 0 saturated heterocycles. The predicted molar refractivity (Wildman–Crippen MR) is 160 cm³/mol. The summed E-state index contributed by atoms with van der Waals surface area (Å²) in [5.41, 5.74) is 1.47. The molecule has 1 amide bonds. The minimum Gasteiger partial charge on any atom is -0.503 e. The Kier molecular flexibility index (Phi) is 9.12. The number of hydrogen-bond donors (Lipinski definition) is 1. The van der Waals surface area contributed by atoms with Crippen molar-refractivity contribution in [3.05, 3.63) is 99.7 Å². The van der Waals surface area contributed by atoms with Gasteiger partial charge in [-0.15, -0.1) is 10.2 Å². The van der Waals surface area contributed by atoms with Crippen LogP contribution in [-0.4, -0.2) is 33.6 Å². The highest BCUT2D eigenvalue weighted by Crippen LogP contribution is 2.44. The Hall–Kier alpha value is -3.60. The molecule has 212 valence electrons. The number of benzene rings is 2. The van der Waals surface area contributed by atoms with E-state index in [1.54, 1.807) is 37.3 Å². The number of ketones is 1. The summed E-state index contributed by atoms with van der Waals surface area (Å²) >= 11 is 8.92. The summed E-state index contributed by atoms with van der Waals surface area (Å²) < 4.78 is 12.0. The van der Waals surface area contributed by atoms with Gasteiger partial charge in [0, 0.05) is 10.8 Å². The number of aryl methyl sites for hydroxylation is 1. The largest absolute Gasteiger partial charge is 0.503 e. The van der Waals surface area contributed by atoms with Crippen molar-refractivity contribution in [3.8, 4) is 5.75 Å². The number of halogens is 1. The van der Waals surface area contributed by atoms with Gasteiger partial charge in [-0.05, 0) is 54.8 Å². The molecule has 11 heteroatoms. The van der Waals surface area contributed by atoms with Crippen LogP contribution in [0.4, 0.5) is 5.13 Å². The van der Waals surface area contributed by atoms with Crippen LogP contribution < -0.4 is 9.64 Å². The lowest BCUT2D eigenvalue weighted by Gasteiger charge is -2.24. The molecule has 0 spiro atoms. The van der Waals surface area contributed by atoms with Gasteiger partial charge in [0.15, 0.2) is 15.9 Å². The highest BCUT2D eigenvalue weighted by molar-refractivity contribution is 8.00. The van der Waals surface area contributed by atoms with Gasteiger partial charge >= 0.3 is 0 Å². The molecule has 2 aromatic heterocycles. The molecule has 8 nitrogen and oxygen atoms in total. The molecule has 0 fully saturated rings. The second kappa shape index (κ2) is 12.9. The number of unbranched alkanes of at least 4 members (excludes halogenated alkanes) is 2. The Labute approximate surface area is 251 Å². The van der Waals surface area contributed by atoms with Gasteiger partial charge in [0.1, 0.15) is 11.5 Å². The maximum atomic E-state index is 13.6. The van der Waals surface area contributed by atoms with Crippen LogP contribution in [0.2, 0.25) is 5.02 Å². The zero-order chi connectivity index (χ0) is 28.9. The molecule has 0 aliphatic carbocycles. The smallest absolute Gasteiger partial charge is 0.296 e. The number of carbonyl (C=O) groups is 2. The van der Waals surface area contributed by atoms with Gasteiger partial charge < -0.3 is 14.3 Å². The third kappa shape index (κ3) is 6.34. The van der Waals surface area contributed by atoms with Gasteiger partial charge in [0.05, 0.1) is 18.2 Å². The molecule has 0 bridgehead atoms. The van der Waals surface area contributed by atoms with Crippen molar-refractivity contribution in [1.29, 1.82) is 0 Å². The minimum atomic E-state index is -0.941. The van der Waals surface area contributed by atoms with E-state index in [4.69, 9.17) is 20.8 Å². The SMILES string of the molecule is CCCCCOc1ccc(C2C(C(=O)c3ccc(C)o3)=C(O)C(=O)N2c2nnc(SCc3ccccc3Cl)s2)cc1. The van der Waals surface area contributed by atoms with Gasteiger partial charge in [0.25, 0.3) is 5.91 Å². The Morgan fingerprint density at radius 1 is 1.12 bits per heavy atom. The number of hydrogen-bond acceptors (Lipinski definition) is 9. The van der Waals surface area contributed by atoms with Crippen LogP contribution in [0.1, 0.15) is 59.7 Å². The fourth-order valence-corrected chi connectivity index (χ4v) is 6.59. The highest BCUT2D eigenvalue weighted by atomic mass is 35.5. The zero-order valence-electron chi connectivity index (χ0n) is 22.5. The molecule has 0 saturated carbocycles. The number of ether oxygens (including phenoxy) is 1. The molecule has 3 heterocycles. The average molecular weight is 610 g/mol. The van der Waals surface area contributed by atoms with Crippen LogP contribution in [0.25, 0.3) is 0 Å². The molecule has 5 rings (SSSR count). The van der Waals surface area contributed by atoms with E-state index in [1.165, 1.54) is 34.1 Å². The van der Waals surface area contributed by atoms with E-state index in [9.17, 15) is 14.7 Å². The zero-order valence-corrected chi connectivity index (χ0v) is 24.9. The Bertz CT molecular complexity index is 1580. The van der Waals surface area contributed by atoms with Gasteiger partial charge in [-0.1, -0.05) is 84.8 Å². The maximum absolute atomic E-state index is 13.6. The summed E-state index contributed by atoms with van der Waals surface area (Å²) in [7, 11) is 0. The lowest BCUT2D eigenvalue weighted by atomic mass is 9.95. The van der Waals surface area contributed by atoms with Crippen molar-refractivity contribution in [3.63, 3.8) is 0 Å². The number of aliphatic hydroxyl groups is 1. The molecule has 1 unspecified atom stereocenters. The van der Waals surface area contributed by atoms with Crippen molar-refractivity contribution >= 4 is 51.5 Å². The number of Topliss-reactive ketones (excluding diaryl/α,β-unsaturated/α-hetero) is 1. The van der Waals surface area contributed by atoms with Crippen LogP contribution in [-0.2, 0) is 10.5 Å². The van der Waals surface area contributed by atoms with E-state index < -0.39 is 23.5 Å². The van der Waals surface area contributed by atoms with Gasteiger partial charge in [-0.25, -0.2) is 0 Å². The Morgan fingerprint density at radius 2 is 1.90 bits per heavy atom. The summed E-state index contributed by atoms with van der Waals surface area (Å²) in [4.78, 5) is 28.4. The lowest BCUT2D eigenvalue weighted by molar-refractivity contribution is -0.117. The number of carbonyl (C=O) groups excluding carboxylic acids is 2. The molecule has 41 heavy (non-hydrogen) atoms. The number of anilines is 1. The highest BCUT2D eigenvalue weighted by Gasteiger charge is 2.46. The number of nitrogens with zero attached hydrogens (tertiary/aromatic N) is 3. The summed E-state index contributed by atoms with van der Waals surface area (Å²) in [6, 6.07) is 17.0. The fraction of sp³-hybridized carbons (Fsp3) is 0.267. The fourth-order valence-electron chi connectivity index (χ4n) is 4.44. The van der Waals surface area contributed by atoms with E-state index in [0.29, 0.717) is 38.8 Å². The number of rotatable bonds is 12. The summed E-state index contributed by atoms with van der Waals surface area (Å²) in [6.45, 7) is 4.45. The molecule has 1 aliphatic heterocycles. The van der Waals surface area contributed by atoms with Gasteiger partial charge in [-0.3, -0.25) is 14.5 Å². The van der Waals surface area contributed by atoms with E-state index in [1.807, 2.05) is 24.3 Å². The first-order chi connectivity index (χ1) is 19.9. The van der Waals surface area contributed by atoms with Crippen molar-refractivity contribution < 1.29 is 23.8 Å². The van der Waals surface area contributed by atoms with Crippen molar-refractivity contribution in [2.24, 2.45) is 0 Å². The number of thioether (sulfide) groups is 1. The van der Waals surface area contributed by atoms with Gasteiger partial charge in [-0.2, -0.15) is 0 Å². The molecular weight excluding hydrogens is 582 g/mol. The van der Waals surface area contributed by atoms with Gasteiger partial charge in [0.2, 0.25) is 10.9 Å². The summed E-state index contributed by atoms with van der Waals surface area (Å²) in [5.74, 6) is -0.134. The van der Waals surface area contributed by atoms with Crippen LogP contribution in [0, 0.1) is 6.92 Å². The normalized spacial score (nSPS) is 15.1.